The van der Waals surface area contributed by atoms with E-state index >= 15 is 0 Å². The fraction of sp³-hybridized carbons (Fsp3) is 0.705. The Labute approximate surface area is 334 Å². The topological polar surface area (TPSA) is 203 Å². The largest absolute Gasteiger partial charge is 0.507 e. The summed E-state index contributed by atoms with van der Waals surface area (Å²) in [7, 11) is 3.09. The Bertz CT molecular complexity index is 1910. The van der Waals surface area contributed by atoms with Gasteiger partial charge in [0.05, 0.1) is 48.6 Å². The quantitative estimate of drug-likeness (QED) is 0.0974. The van der Waals surface area contributed by atoms with E-state index in [4.69, 9.17) is 4.74 Å². The van der Waals surface area contributed by atoms with Crippen molar-refractivity contribution >= 4 is 29.0 Å². The monoisotopic (exact) mass is 789 g/mol. The van der Waals surface area contributed by atoms with Crippen molar-refractivity contribution in [2.45, 2.75) is 108 Å². The molecular weight excluding hydrogens is 730 g/mol. The maximum absolute atomic E-state index is 14.3. The average Bonchev–Trinajstić information content (AvgIpc) is 3.47. The minimum absolute atomic E-state index is 0.0119. The normalized spacial score (nSPS) is 43.6. The van der Waals surface area contributed by atoms with Gasteiger partial charge in [0.2, 0.25) is 5.91 Å². The van der Waals surface area contributed by atoms with Crippen LogP contribution in [-0.2, 0) is 29.5 Å². The van der Waals surface area contributed by atoms with Crippen molar-refractivity contribution in [3.05, 3.63) is 41.0 Å². The molecule has 0 heterocycles. The number of hydrogen-bond donors (Lipinski definition) is 6. The van der Waals surface area contributed by atoms with Crippen LogP contribution in [0.1, 0.15) is 94.5 Å². The lowest BCUT2D eigenvalue weighted by Crippen LogP contribution is -2.75. The maximum atomic E-state index is 14.3. The number of phenolic OH excluding ortho intramolecular Hbond substituents is 1. The molecule has 1 aromatic rings. The number of rotatable bonds is 8. The molecule has 7 aliphatic rings. The number of likely N-dealkylation sites (N-methyl/N-ethyl adjacent to an activating group) is 1. The standard InChI is InChI=1S/C44H59N3O10/c1-41-15-13-23(19-22(41)9-10-24-25-11-12-31(49)42(25,2)16-14-26(24)41)57-18-17-45-21-46-40(54)34-37(51)35(47(4)5)29-20-28-33(38(52)44(29,56)39(34)53)36(50)32-27(43(28,3)55)7-6-8-30(32)48/h6-8,19,23-26,28-29,31,33-35,45,48-49,55-56H,9-18,20-21H2,1-5H3,(H,46,54). The molecule has 0 radical (unpaired) electrons. The minimum atomic E-state index is -2.86. The third kappa shape index (κ3) is 5.88. The molecule has 0 aliphatic heterocycles. The first-order valence-electron chi connectivity index (χ1n) is 21.0. The number of phenols is 1. The zero-order valence-corrected chi connectivity index (χ0v) is 33.8. The van der Waals surface area contributed by atoms with Crippen molar-refractivity contribution in [2.75, 3.05) is 33.9 Å². The number of ketones is 4. The van der Waals surface area contributed by atoms with Gasteiger partial charge in [0.1, 0.15) is 5.75 Å². The first-order valence-corrected chi connectivity index (χ1v) is 21.0. The third-order valence-corrected chi connectivity index (χ3v) is 16.4. The van der Waals surface area contributed by atoms with E-state index in [0.29, 0.717) is 30.9 Å². The lowest BCUT2D eigenvalue weighted by molar-refractivity contribution is -0.188. The van der Waals surface area contributed by atoms with Crippen molar-refractivity contribution in [3.63, 3.8) is 0 Å². The molecule has 7 aliphatic carbocycles. The van der Waals surface area contributed by atoms with Crippen LogP contribution in [0.15, 0.2) is 29.8 Å². The summed E-state index contributed by atoms with van der Waals surface area (Å²) in [6.45, 7) is 6.81. The molecule has 14 unspecified atom stereocenters. The van der Waals surface area contributed by atoms with Crippen molar-refractivity contribution in [3.8, 4) is 5.75 Å². The number of aliphatic hydroxyl groups excluding tert-OH is 1. The van der Waals surface area contributed by atoms with Crippen LogP contribution in [0.3, 0.4) is 0 Å². The van der Waals surface area contributed by atoms with Crippen LogP contribution in [0.5, 0.6) is 5.75 Å². The number of fused-ring (bicyclic) bond motifs is 8. The summed E-state index contributed by atoms with van der Waals surface area (Å²) in [5.74, 6) is -9.69. The molecule has 1 amide bonds. The van der Waals surface area contributed by atoms with Gasteiger partial charge in [-0.15, -0.1) is 0 Å². The molecule has 5 saturated carbocycles. The van der Waals surface area contributed by atoms with Gasteiger partial charge in [0, 0.05) is 18.4 Å². The van der Waals surface area contributed by atoms with Crippen LogP contribution in [0.25, 0.3) is 0 Å². The Hall–Kier alpha value is -3.33. The molecular formula is C44H59N3O10. The van der Waals surface area contributed by atoms with Gasteiger partial charge in [-0.05, 0) is 119 Å². The number of amides is 1. The van der Waals surface area contributed by atoms with E-state index < -0.39 is 75.7 Å². The van der Waals surface area contributed by atoms with Crippen molar-refractivity contribution in [2.24, 2.45) is 52.3 Å². The molecule has 6 N–H and O–H groups in total. The highest BCUT2D eigenvalue weighted by Crippen LogP contribution is 2.65. The van der Waals surface area contributed by atoms with Gasteiger partial charge in [-0.25, -0.2) is 0 Å². The maximum Gasteiger partial charge on any atom is 0.239 e. The van der Waals surface area contributed by atoms with Gasteiger partial charge in [-0.3, -0.25) is 34.2 Å². The molecule has 0 aromatic heterocycles. The Morgan fingerprint density at radius 2 is 1.68 bits per heavy atom. The predicted molar refractivity (Wildman–Crippen MR) is 206 cm³/mol. The highest BCUT2D eigenvalue weighted by molar-refractivity contribution is 6.32. The van der Waals surface area contributed by atoms with Gasteiger partial charge >= 0.3 is 0 Å². The van der Waals surface area contributed by atoms with Crippen molar-refractivity contribution < 1.29 is 49.1 Å². The second-order valence-electron chi connectivity index (χ2n) is 19.2. The molecule has 1 aromatic carbocycles. The number of nitrogens with one attached hydrogen (secondary N) is 2. The highest BCUT2D eigenvalue weighted by Gasteiger charge is 2.71. The van der Waals surface area contributed by atoms with Crippen molar-refractivity contribution in [1.29, 1.82) is 0 Å². The van der Waals surface area contributed by atoms with Crippen LogP contribution in [0, 0.1) is 52.3 Å². The Balaban J connectivity index is 0.885. The molecule has 0 spiro atoms. The molecule has 5 fully saturated rings. The second-order valence-corrected chi connectivity index (χ2v) is 19.2. The number of Topliss-reactive ketones (excluding diaryl/α,β-unsaturated/α-hetero) is 4. The van der Waals surface area contributed by atoms with E-state index in [1.54, 1.807) is 14.1 Å². The van der Waals surface area contributed by atoms with E-state index in [0.717, 1.165) is 44.9 Å². The van der Waals surface area contributed by atoms with Gasteiger partial charge in [-0.2, -0.15) is 0 Å². The number of hydrogen-bond acceptors (Lipinski definition) is 12. The second kappa shape index (κ2) is 14.2. The van der Waals surface area contributed by atoms with Crippen LogP contribution in [-0.4, -0.2) is 112 Å². The van der Waals surface area contributed by atoms with E-state index in [1.165, 1.54) is 42.0 Å². The summed E-state index contributed by atoms with van der Waals surface area (Å²) in [5, 5.41) is 50.9. The number of carbonyl (C=O) groups is 5. The van der Waals surface area contributed by atoms with Gasteiger partial charge in [0.25, 0.3) is 0 Å². The minimum Gasteiger partial charge on any atom is -0.507 e. The number of nitrogens with zero attached hydrogens (tertiary/aromatic N) is 1. The molecule has 0 bridgehead atoms. The lowest BCUT2D eigenvalue weighted by Gasteiger charge is -2.58. The SMILES string of the molecule is CN(C)C1C(=O)C(C(=O)NCNCCOC2C=C3CCC4C(CCC5(C)C(O)CCC45)C3(C)CC2)C(=O)C2(O)C(=O)C3C(=O)c4c(O)cccc4C(C)(O)C3CC12. The Morgan fingerprint density at radius 3 is 2.42 bits per heavy atom. The molecule has 8 rings (SSSR count). The van der Waals surface area contributed by atoms with Gasteiger partial charge in [0.15, 0.2) is 34.7 Å². The summed E-state index contributed by atoms with van der Waals surface area (Å²) in [6, 6.07) is 2.96. The summed E-state index contributed by atoms with van der Waals surface area (Å²) in [5.41, 5.74) is -3.09. The molecule has 13 heteroatoms. The van der Waals surface area contributed by atoms with Crippen LogP contribution in [0.2, 0.25) is 0 Å². The lowest BCUT2D eigenvalue weighted by atomic mass is 9.47. The van der Waals surface area contributed by atoms with Gasteiger partial charge < -0.3 is 30.5 Å². The fourth-order valence-corrected chi connectivity index (χ4v) is 13.3. The molecule has 13 nitrogen and oxygen atoms in total. The van der Waals surface area contributed by atoms with E-state index in [2.05, 4.69) is 30.6 Å². The van der Waals surface area contributed by atoms with Crippen LogP contribution >= 0.6 is 0 Å². The zero-order valence-electron chi connectivity index (χ0n) is 33.8. The average molecular weight is 790 g/mol. The number of allylic oxidation sites excluding steroid dienone is 1. The molecule has 0 saturated heterocycles. The molecule has 57 heavy (non-hydrogen) atoms. The first kappa shape index (κ1) is 40.4. The summed E-state index contributed by atoms with van der Waals surface area (Å²) < 4.78 is 6.26. The van der Waals surface area contributed by atoms with Crippen LogP contribution < -0.4 is 10.6 Å². The summed E-state index contributed by atoms with van der Waals surface area (Å²) in [6.07, 6.45) is 10.4. The number of aromatic hydroxyl groups is 1. The van der Waals surface area contributed by atoms with Gasteiger partial charge in [-0.1, -0.05) is 37.6 Å². The van der Waals surface area contributed by atoms with E-state index in [1.807, 2.05) is 0 Å². The highest BCUT2D eigenvalue weighted by atomic mass is 16.5. The fourth-order valence-electron chi connectivity index (χ4n) is 13.3. The van der Waals surface area contributed by atoms with E-state index in [-0.39, 0.29) is 47.3 Å². The third-order valence-electron chi connectivity index (χ3n) is 16.4. The first-order chi connectivity index (χ1) is 26.9. The number of benzene rings is 1. The summed E-state index contributed by atoms with van der Waals surface area (Å²) >= 11 is 0. The number of aliphatic hydroxyl groups is 3. The van der Waals surface area contributed by atoms with Crippen LogP contribution in [0.4, 0.5) is 0 Å². The number of carbonyl (C=O) groups excluding carboxylic acids is 5. The van der Waals surface area contributed by atoms with Crippen molar-refractivity contribution in [1.82, 2.24) is 15.5 Å². The Morgan fingerprint density at radius 1 is 0.930 bits per heavy atom. The molecule has 310 valence electrons. The molecule has 14 atom stereocenters. The number of ether oxygens (including phenoxy) is 1. The Kier molecular flexibility index (Phi) is 10.0. The smallest absolute Gasteiger partial charge is 0.239 e. The predicted octanol–water partition coefficient (Wildman–Crippen LogP) is 2.42. The summed E-state index contributed by atoms with van der Waals surface area (Å²) in [4.78, 5) is 71.2. The zero-order chi connectivity index (χ0) is 41.0. The van der Waals surface area contributed by atoms with E-state index in [9.17, 15) is 44.4 Å².